The van der Waals surface area contributed by atoms with Gasteiger partial charge in [0.05, 0.1) is 0 Å². The second kappa shape index (κ2) is 3.79. The van der Waals surface area contributed by atoms with Crippen LogP contribution < -0.4 is 5.73 Å². The Bertz CT molecular complexity index is 315. The van der Waals surface area contributed by atoms with Gasteiger partial charge in [-0.3, -0.25) is 0 Å². The van der Waals surface area contributed by atoms with E-state index in [-0.39, 0.29) is 10.6 Å². The Labute approximate surface area is 84.7 Å². The third kappa shape index (κ3) is 2.19. The molecule has 0 aliphatic rings. The fraction of sp³-hybridized carbons (Fsp3) is 0.333. The van der Waals surface area contributed by atoms with Crippen LogP contribution in [0.25, 0.3) is 0 Å². The molecule has 1 atom stereocenters. The smallest absolute Gasteiger partial charge is 0.316 e. The van der Waals surface area contributed by atoms with Crippen LogP contribution in [-0.4, -0.2) is 6.18 Å². The lowest BCUT2D eigenvalue weighted by molar-refractivity contribution is -0.149. The predicted molar refractivity (Wildman–Crippen MR) is 49.2 cm³/mol. The summed E-state index contributed by atoms with van der Waals surface area (Å²) in [7, 11) is 0. The second-order valence-electron chi connectivity index (χ2n) is 2.99. The molecule has 0 aliphatic carbocycles. The first-order valence-corrected chi connectivity index (χ1v) is 4.29. The van der Waals surface area contributed by atoms with E-state index in [2.05, 4.69) is 0 Å². The summed E-state index contributed by atoms with van der Waals surface area (Å²) in [6.07, 6.45) is -4.46. The zero-order valence-electron chi connectivity index (χ0n) is 7.40. The third-order valence-electron chi connectivity index (χ3n) is 1.93. The van der Waals surface area contributed by atoms with Crippen molar-refractivity contribution in [2.45, 2.75) is 19.1 Å². The fourth-order valence-corrected chi connectivity index (χ4v) is 1.54. The number of rotatable bonds is 1. The van der Waals surface area contributed by atoms with Crippen molar-refractivity contribution in [2.24, 2.45) is 5.73 Å². The minimum absolute atomic E-state index is 0.0508. The van der Waals surface area contributed by atoms with Gasteiger partial charge >= 0.3 is 6.18 Å². The van der Waals surface area contributed by atoms with Crippen molar-refractivity contribution >= 4 is 11.6 Å². The average molecular weight is 224 g/mol. The summed E-state index contributed by atoms with van der Waals surface area (Å²) in [5, 5.41) is 0.0508. The van der Waals surface area contributed by atoms with Crippen LogP contribution in [0.1, 0.15) is 17.2 Å². The molecular weight excluding hydrogens is 215 g/mol. The molecule has 0 unspecified atom stereocenters. The third-order valence-corrected chi connectivity index (χ3v) is 2.26. The van der Waals surface area contributed by atoms with Crippen LogP contribution in [0.3, 0.4) is 0 Å². The number of alkyl halides is 3. The van der Waals surface area contributed by atoms with Crippen LogP contribution in [0.5, 0.6) is 0 Å². The molecule has 0 fully saturated rings. The second-order valence-corrected chi connectivity index (χ2v) is 3.40. The van der Waals surface area contributed by atoms with Crippen LogP contribution in [0.2, 0.25) is 5.02 Å². The molecule has 0 spiro atoms. The van der Waals surface area contributed by atoms with Gasteiger partial charge in [0.25, 0.3) is 0 Å². The van der Waals surface area contributed by atoms with E-state index in [0.717, 1.165) is 0 Å². The Morgan fingerprint density at radius 3 is 2.36 bits per heavy atom. The Morgan fingerprint density at radius 2 is 1.93 bits per heavy atom. The maximum atomic E-state index is 12.3. The summed E-state index contributed by atoms with van der Waals surface area (Å²) in [5.74, 6) is 0. The van der Waals surface area contributed by atoms with E-state index in [1.807, 2.05) is 0 Å². The summed E-state index contributed by atoms with van der Waals surface area (Å²) < 4.78 is 36.9. The number of aryl methyl sites for hydroxylation is 1. The van der Waals surface area contributed by atoms with Gasteiger partial charge in [-0.15, -0.1) is 0 Å². The Morgan fingerprint density at radius 1 is 1.36 bits per heavy atom. The molecule has 78 valence electrons. The quantitative estimate of drug-likeness (QED) is 0.777. The summed E-state index contributed by atoms with van der Waals surface area (Å²) in [6.45, 7) is 1.55. The first kappa shape index (κ1) is 11.3. The molecule has 14 heavy (non-hydrogen) atoms. The van der Waals surface area contributed by atoms with Gasteiger partial charge in [-0.2, -0.15) is 13.2 Å². The maximum absolute atomic E-state index is 12.3. The molecule has 0 amide bonds. The van der Waals surface area contributed by atoms with Crippen molar-refractivity contribution < 1.29 is 13.2 Å². The molecule has 0 aromatic heterocycles. The fourth-order valence-electron chi connectivity index (χ4n) is 1.20. The van der Waals surface area contributed by atoms with Gasteiger partial charge in [-0.05, 0) is 24.1 Å². The first-order valence-electron chi connectivity index (χ1n) is 3.91. The summed E-state index contributed by atoms with van der Waals surface area (Å²) >= 11 is 5.65. The highest BCUT2D eigenvalue weighted by atomic mass is 35.5. The summed E-state index contributed by atoms with van der Waals surface area (Å²) in [4.78, 5) is 0. The molecule has 1 nitrogen and oxygen atoms in total. The number of halogens is 4. The van der Waals surface area contributed by atoms with E-state index in [1.54, 1.807) is 19.1 Å². The maximum Gasteiger partial charge on any atom is 0.407 e. The van der Waals surface area contributed by atoms with Crippen LogP contribution in [0, 0.1) is 6.92 Å². The van der Waals surface area contributed by atoms with Gasteiger partial charge in [-0.25, -0.2) is 0 Å². The van der Waals surface area contributed by atoms with Crippen molar-refractivity contribution in [2.75, 3.05) is 0 Å². The summed E-state index contributed by atoms with van der Waals surface area (Å²) in [6, 6.07) is 2.52. The predicted octanol–water partition coefficient (Wildman–Crippen LogP) is 3.21. The van der Waals surface area contributed by atoms with Crippen LogP contribution >= 0.6 is 11.6 Å². The van der Waals surface area contributed by atoms with E-state index < -0.39 is 12.2 Å². The van der Waals surface area contributed by atoms with Gasteiger partial charge in [0.2, 0.25) is 0 Å². The van der Waals surface area contributed by atoms with Gasteiger partial charge in [0.15, 0.2) is 0 Å². The zero-order valence-corrected chi connectivity index (χ0v) is 8.15. The highest BCUT2D eigenvalue weighted by molar-refractivity contribution is 6.31. The van der Waals surface area contributed by atoms with E-state index >= 15 is 0 Å². The van der Waals surface area contributed by atoms with Crippen molar-refractivity contribution in [1.82, 2.24) is 0 Å². The first-order chi connectivity index (χ1) is 6.34. The Kier molecular flexibility index (Phi) is 3.07. The molecule has 0 radical (unpaired) electrons. The Balaban J connectivity index is 3.19. The topological polar surface area (TPSA) is 26.0 Å². The summed E-state index contributed by atoms with van der Waals surface area (Å²) in [5.41, 5.74) is 5.46. The molecule has 5 heteroatoms. The monoisotopic (exact) mass is 223 g/mol. The molecule has 1 aromatic rings. The lowest BCUT2D eigenvalue weighted by Crippen LogP contribution is -2.29. The lowest BCUT2D eigenvalue weighted by Gasteiger charge is -2.19. The van der Waals surface area contributed by atoms with E-state index in [9.17, 15) is 13.2 Å². The van der Waals surface area contributed by atoms with Crippen LogP contribution in [0.4, 0.5) is 13.2 Å². The van der Waals surface area contributed by atoms with Crippen molar-refractivity contribution in [3.8, 4) is 0 Å². The largest absolute Gasteiger partial charge is 0.407 e. The molecule has 0 heterocycles. The van der Waals surface area contributed by atoms with Gasteiger partial charge in [-0.1, -0.05) is 23.7 Å². The number of nitrogens with two attached hydrogens (primary N) is 1. The SMILES string of the molecule is Cc1cccc(Cl)c1[C@H](N)C(F)(F)F. The van der Waals surface area contributed by atoms with E-state index in [4.69, 9.17) is 17.3 Å². The number of benzene rings is 1. The van der Waals surface area contributed by atoms with E-state index in [1.165, 1.54) is 6.07 Å². The standard InChI is InChI=1S/C9H9ClF3N/c1-5-3-2-4-6(10)7(5)8(14)9(11,12)13/h2-4,8H,14H2,1H3/t8-/m0/s1. The van der Waals surface area contributed by atoms with Crippen molar-refractivity contribution in [3.63, 3.8) is 0 Å². The Hall–Kier alpha value is -0.740. The molecule has 1 aromatic carbocycles. The molecule has 2 N–H and O–H groups in total. The van der Waals surface area contributed by atoms with Crippen molar-refractivity contribution in [1.29, 1.82) is 0 Å². The molecule has 0 saturated heterocycles. The molecule has 1 rings (SSSR count). The zero-order chi connectivity index (χ0) is 10.9. The molecular formula is C9H9ClF3N. The van der Waals surface area contributed by atoms with Crippen LogP contribution in [0.15, 0.2) is 18.2 Å². The van der Waals surface area contributed by atoms with Crippen LogP contribution in [-0.2, 0) is 0 Å². The van der Waals surface area contributed by atoms with Gasteiger partial charge < -0.3 is 5.73 Å². The van der Waals surface area contributed by atoms with Gasteiger partial charge in [0, 0.05) is 5.02 Å². The highest BCUT2D eigenvalue weighted by Crippen LogP contribution is 2.35. The van der Waals surface area contributed by atoms with E-state index in [0.29, 0.717) is 5.56 Å². The minimum atomic E-state index is -4.46. The molecule has 0 bridgehead atoms. The molecule has 0 aliphatic heterocycles. The average Bonchev–Trinajstić information content (AvgIpc) is 2.01. The molecule has 0 saturated carbocycles. The normalized spacial score (nSPS) is 14.1. The minimum Gasteiger partial charge on any atom is -0.316 e. The highest BCUT2D eigenvalue weighted by Gasteiger charge is 2.39. The number of hydrogen-bond acceptors (Lipinski definition) is 1. The number of hydrogen-bond donors (Lipinski definition) is 1. The van der Waals surface area contributed by atoms with Crippen molar-refractivity contribution in [3.05, 3.63) is 34.3 Å². The van der Waals surface area contributed by atoms with Gasteiger partial charge in [0.1, 0.15) is 6.04 Å². The lowest BCUT2D eigenvalue weighted by atomic mass is 10.0.